The minimum atomic E-state index is -1.08. The topological polar surface area (TPSA) is 142 Å². The first-order valence-electron chi connectivity index (χ1n) is 8.57. The van der Waals surface area contributed by atoms with Gasteiger partial charge in [-0.3, -0.25) is 33.9 Å². The van der Waals surface area contributed by atoms with Gasteiger partial charge in [0.05, 0.1) is 26.2 Å². The third-order valence-corrected chi connectivity index (χ3v) is 3.85. The Kier molecular flexibility index (Phi) is 11.9. The maximum atomic E-state index is 11.8. The van der Waals surface area contributed by atoms with Crippen molar-refractivity contribution in [3.8, 4) is 0 Å². The predicted molar refractivity (Wildman–Crippen MR) is 96.6 cm³/mol. The van der Waals surface area contributed by atoms with Gasteiger partial charge in [-0.05, 0) is 6.54 Å². The zero-order chi connectivity index (χ0) is 21.0. The van der Waals surface area contributed by atoms with E-state index in [1.165, 1.54) is 9.80 Å². The first kappa shape index (κ1) is 24.8. The minimum Gasteiger partial charge on any atom is -0.480 e. The number of nitrogens with zero attached hydrogens (tertiary/aromatic N) is 4. The molecule has 11 nitrogen and oxygen atoms in total. The highest BCUT2D eigenvalue weighted by Gasteiger charge is 2.18. The minimum absolute atomic E-state index is 0.0830. The Morgan fingerprint density at radius 3 is 1.41 bits per heavy atom. The Morgan fingerprint density at radius 2 is 1.00 bits per heavy atom. The van der Waals surface area contributed by atoms with Crippen LogP contribution in [-0.4, -0.2) is 132 Å². The number of likely N-dealkylation sites (N-methyl/N-ethyl adjacent to an activating group) is 2. The fourth-order valence-electron chi connectivity index (χ4n) is 2.31. The van der Waals surface area contributed by atoms with Gasteiger partial charge in [0.1, 0.15) is 0 Å². The van der Waals surface area contributed by atoms with Crippen molar-refractivity contribution in [1.82, 2.24) is 19.6 Å². The predicted octanol–water partition coefficient (Wildman–Crippen LogP) is -1.75. The molecular formula is C16H30N4O7. The normalized spacial score (nSPS) is 11.2. The summed E-state index contributed by atoms with van der Waals surface area (Å²) in [4.78, 5) is 50.8. The summed E-state index contributed by atoms with van der Waals surface area (Å²) in [5.41, 5.74) is 0. The smallest absolute Gasteiger partial charge is 0.317 e. The molecule has 0 aliphatic heterocycles. The summed E-state index contributed by atoms with van der Waals surface area (Å²) in [6.07, 6.45) is 0. The van der Waals surface area contributed by atoms with Crippen molar-refractivity contribution >= 4 is 23.8 Å². The molecule has 1 amide bonds. The van der Waals surface area contributed by atoms with Gasteiger partial charge in [-0.2, -0.15) is 0 Å². The number of aliphatic carboxylic acids is 3. The van der Waals surface area contributed by atoms with Crippen LogP contribution in [0.2, 0.25) is 0 Å². The first-order valence-corrected chi connectivity index (χ1v) is 8.57. The number of hydrogen-bond donors (Lipinski definition) is 3. The molecular weight excluding hydrogens is 360 g/mol. The van der Waals surface area contributed by atoms with E-state index in [1.807, 2.05) is 6.92 Å². The van der Waals surface area contributed by atoms with Crippen LogP contribution in [0.5, 0.6) is 0 Å². The molecule has 0 radical (unpaired) electrons. The average molecular weight is 390 g/mol. The van der Waals surface area contributed by atoms with Gasteiger partial charge in [-0.1, -0.05) is 6.92 Å². The lowest BCUT2D eigenvalue weighted by Crippen LogP contribution is -2.45. The van der Waals surface area contributed by atoms with Gasteiger partial charge in [0.2, 0.25) is 5.91 Å². The summed E-state index contributed by atoms with van der Waals surface area (Å²) in [5, 5.41) is 26.9. The van der Waals surface area contributed by atoms with Gasteiger partial charge in [-0.25, -0.2) is 0 Å². The molecule has 0 aromatic rings. The van der Waals surface area contributed by atoms with Gasteiger partial charge in [0, 0.05) is 40.3 Å². The lowest BCUT2D eigenvalue weighted by molar-refractivity contribution is -0.141. The van der Waals surface area contributed by atoms with Crippen LogP contribution in [0.3, 0.4) is 0 Å². The number of carbonyl (C=O) groups excluding carboxylic acids is 1. The maximum absolute atomic E-state index is 11.8. The van der Waals surface area contributed by atoms with E-state index in [1.54, 1.807) is 23.9 Å². The molecule has 0 aromatic heterocycles. The van der Waals surface area contributed by atoms with Crippen LogP contribution < -0.4 is 0 Å². The average Bonchev–Trinajstić information content (AvgIpc) is 2.54. The molecule has 0 spiro atoms. The third kappa shape index (κ3) is 12.7. The SMILES string of the molecule is CCN(CCN(CCN(CC(=O)O)CC(=O)N(C)C)CC(=O)O)CC(=O)O. The fourth-order valence-corrected chi connectivity index (χ4v) is 2.31. The van der Waals surface area contributed by atoms with E-state index in [9.17, 15) is 19.2 Å². The molecule has 0 aliphatic rings. The van der Waals surface area contributed by atoms with E-state index in [0.29, 0.717) is 19.6 Å². The van der Waals surface area contributed by atoms with Crippen LogP contribution in [-0.2, 0) is 19.2 Å². The zero-order valence-corrected chi connectivity index (χ0v) is 16.1. The zero-order valence-electron chi connectivity index (χ0n) is 16.1. The molecule has 156 valence electrons. The van der Waals surface area contributed by atoms with Crippen molar-refractivity contribution in [1.29, 1.82) is 0 Å². The standard InChI is InChI=1S/C16H30N4O7/c1-4-18(10-14(22)23)5-6-19(11-15(24)25)7-8-20(12-16(26)27)9-13(21)17(2)3/h4-12H2,1-3H3,(H,22,23)(H,24,25)(H,26,27). The molecule has 0 aromatic carbocycles. The Balaban J connectivity index is 4.81. The monoisotopic (exact) mass is 390 g/mol. The number of carboxylic acid groups (broad SMARTS) is 3. The van der Waals surface area contributed by atoms with Crippen molar-refractivity contribution < 1.29 is 34.5 Å². The lowest BCUT2D eigenvalue weighted by Gasteiger charge is -2.28. The van der Waals surface area contributed by atoms with Crippen LogP contribution in [0.4, 0.5) is 0 Å². The van der Waals surface area contributed by atoms with Crippen molar-refractivity contribution in [2.45, 2.75) is 6.92 Å². The Bertz CT molecular complexity index is 513. The van der Waals surface area contributed by atoms with Gasteiger partial charge >= 0.3 is 17.9 Å². The van der Waals surface area contributed by atoms with Crippen molar-refractivity contribution in [2.24, 2.45) is 0 Å². The molecule has 0 heterocycles. The molecule has 0 atom stereocenters. The summed E-state index contributed by atoms with van der Waals surface area (Å²) in [5.74, 6) is -3.33. The largest absolute Gasteiger partial charge is 0.480 e. The van der Waals surface area contributed by atoms with Crippen molar-refractivity contribution in [2.75, 3.05) is 73.0 Å². The number of amides is 1. The van der Waals surface area contributed by atoms with E-state index in [4.69, 9.17) is 15.3 Å². The molecule has 0 fully saturated rings. The van der Waals surface area contributed by atoms with E-state index >= 15 is 0 Å². The molecule has 3 N–H and O–H groups in total. The molecule has 0 unspecified atom stereocenters. The van der Waals surface area contributed by atoms with Crippen LogP contribution in [0, 0.1) is 0 Å². The van der Waals surface area contributed by atoms with E-state index in [-0.39, 0.29) is 45.2 Å². The third-order valence-electron chi connectivity index (χ3n) is 3.85. The van der Waals surface area contributed by atoms with Crippen LogP contribution in [0.25, 0.3) is 0 Å². The molecule has 0 aliphatic carbocycles. The van der Waals surface area contributed by atoms with E-state index in [0.717, 1.165) is 0 Å². The summed E-state index contributed by atoms with van der Waals surface area (Å²) in [6.45, 7) is 2.63. The second-order valence-electron chi connectivity index (χ2n) is 6.32. The van der Waals surface area contributed by atoms with Gasteiger partial charge in [0.25, 0.3) is 0 Å². The quantitative estimate of drug-likeness (QED) is 0.295. The lowest BCUT2D eigenvalue weighted by atomic mass is 10.3. The molecule has 0 saturated carbocycles. The van der Waals surface area contributed by atoms with Crippen LogP contribution in [0.1, 0.15) is 6.92 Å². The second-order valence-corrected chi connectivity index (χ2v) is 6.32. The second kappa shape index (κ2) is 13.0. The molecule has 0 rings (SSSR count). The van der Waals surface area contributed by atoms with Gasteiger partial charge in [-0.15, -0.1) is 0 Å². The van der Waals surface area contributed by atoms with Gasteiger partial charge in [0.15, 0.2) is 0 Å². The number of hydrogen-bond acceptors (Lipinski definition) is 7. The molecule has 0 saturated heterocycles. The summed E-state index contributed by atoms with van der Waals surface area (Å²) < 4.78 is 0. The van der Waals surface area contributed by atoms with Crippen molar-refractivity contribution in [3.63, 3.8) is 0 Å². The summed E-state index contributed by atoms with van der Waals surface area (Å²) >= 11 is 0. The summed E-state index contributed by atoms with van der Waals surface area (Å²) in [7, 11) is 3.14. The highest BCUT2D eigenvalue weighted by atomic mass is 16.4. The Labute approximate surface area is 158 Å². The Hall–Kier alpha value is -2.24. The highest BCUT2D eigenvalue weighted by Crippen LogP contribution is 1.97. The Morgan fingerprint density at radius 1 is 0.630 bits per heavy atom. The summed E-state index contributed by atoms with van der Waals surface area (Å²) in [6, 6.07) is 0. The fraction of sp³-hybridized carbons (Fsp3) is 0.750. The highest BCUT2D eigenvalue weighted by molar-refractivity contribution is 5.78. The van der Waals surface area contributed by atoms with Crippen LogP contribution in [0.15, 0.2) is 0 Å². The van der Waals surface area contributed by atoms with Crippen LogP contribution >= 0.6 is 0 Å². The van der Waals surface area contributed by atoms with E-state index in [2.05, 4.69) is 0 Å². The van der Waals surface area contributed by atoms with Gasteiger partial charge < -0.3 is 20.2 Å². The molecule has 0 bridgehead atoms. The van der Waals surface area contributed by atoms with E-state index < -0.39 is 17.9 Å². The van der Waals surface area contributed by atoms with Crippen molar-refractivity contribution in [3.05, 3.63) is 0 Å². The molecule has 27 heavy (non-hydrogen) atoms. The first-order chi connectivity index (χ1) is 12.5. The maximum Gasteiger partial charge on any atom is 0.317 e. The number of carboxylic acids is 3. The number of carbonyl (C=O) groups is 4. The number of rotatable bonds is 15. The molecule has 11 heteroatoms.